The van der Waals surface area contributed by atoms with Gasteiger partial charge in [0.2, 0.25) is 23.6 Å². The number of aliphatic hydroxyl groups is 3. The molecule has 4 aliphatic heterocycles. The minimum atomic E-state index is -4.67. The summed E-state index contributed by atoms with van der Waals surface area (Å²) in [7, 11) is -9.12. The van der Waals surface area contributed by atoms with Crippen molar-refractivity contribution in [2.45, 2.75) is 186 Å². The molecule has 0 radical (unpaired) electrons. The van der Waals surface area contributed by atoms with Gasteiger partial charge in [0.25, 0.3) is 38.0 Å². The second kappa shape index (κ2) is 35.3. The Morgan fingerprint density at radius 2 is 1.49 bits per heavy atom. The molecule has 8 amide bonds. The third-order valence-corrected chi connectivity index (χ3v) is 26.2. The van der Waals surface area contributed by atoms with Gasteiger partial charge in [0.1, 0.15) is 48.9 Å². The number of aryl methyl sites for hydroxylation is 1. The molecule has 3 aromatic carbocycles. The number of carboxylic acid groups (broad SMARTS) is 2. The zero-order valence-corrected chi connectivity index (χ0v) is 69.7. The number of ether oxygens (including phenoxy) is 4. The number of anilines is 3. The summed E-state index contributed by atoms with van der Waals surface area (Å²) in [6.45, 7) is 9.10. The van der Waals surface area contributed by atoms with E-state index < -0.39 is 178 Å². The molecule has 650 valence electrons. The first-order valence-electron chi connectivity index (χ1n) is 39.7. The van der Waals surface area contributed by atoms with E-state index in [1.807, 2.05) is 52.9 Å². The molecule has 11 N–H and O–H groups in total. The highest BCUT2D eigenvalue weighted by Crippen LogP contribution is 2.72. The fourth-order valence-electron chi connectivity index (χ4n) is 19.4. The lowest BCUT2D eigenvalue weighted by Crippen LogP contribution is -2.64. The highest BCUT2D eigenvalue weighted by molar-refractivity contribution is 7.86. The summed E-state index contributed by atoms with van der Waals surface area (Å²) in [4.78, 5) is 149. The lowest BCUT2D eigenvalue weighted by atomic mass is 9.39. The van der Waals surface area contributed by atoms with Crippen molar-refractivity contribution in [2.24, 2.45) is 22.2 Å². The van der Waals surface area contributed by atoms with Gasteiger partial charge in [-0.1, -0.05) is 69.4 Å². The van der Waals surface area contributed by atoms with E-state index in [0.717, 1.165) is 62.6 Å². The number of pyridine rings is 1. The first-order valence-corrected chi connectivity index (χ1v) is 43.8. The Bertz CT molecular complexity index is 5280. The summed E-state index contributed by atoms with van der Waals surface area (Å²) < 4.78 is 93.4. The summed E-state index contributed by atoms with van der Waals surface area (Å²) in [5, 5.41) is 69.0. The van der Waals surface area contributed by atoms with Gasteiger partial charge in [-0.15, -0.1) is 0 Å². The van der Waals surface area contributed by atoms with Crippen LogP contribution in [0.3, 0.4) is 0 Å². The Balaban J connectivity index is 0.665. The number of amides is 8. The van der Waals surface area contributed by atoms with Gasteiger partial charge in [-0.2, -0.15) is 21.9 Å². The number of hydrogen-bond acceptors (Lipinski definition) is 26. The van der Waals surface area contributed by atoms with Crippen molar-refractivity contribution in [1.29, 1.82) is 0 Å². The van der Waals surface area contributed by atoms with E-state index in [1.54, 1.807) is 38.2 Å². The fourth-order valence-corrected chi connectivity index (χ4v) is 21.0. The minimum Gasteiger partial charge on any atom is -0.479 e. The lowest BCUT2D eigenvalue weighted by Gasteiger charge is -2.69. The topological polar surface area (TPSA) is 522 Å². The molecule has 2 unspecified atom stereocenters. The first kappa shape index (κ1) is 88.5. The van der Waals surface area contributed by atoms with Gasteiger partial charge in [0.05, 0.1) is 72.0 Å². The van der Waals surface area contributed by atoms with E-state index in [1.165, 1.54) is 36.5 Å². The van der Waals surface area contributed by atoms with Crippen molar-refractivity contribution in [3.63, 3.8) is 0 Å². The summed E-state index contributed by atoms with van der Waals surface area (Å²) in [5.41, 5.74) is 3.61. The van der Waals surface area contributed by atoms with Crippen LogP contribution in [0.15, 0.2) is 91.1 Å². The Kier molecular flexibility index (Phi) is 25.8. The van der Waals surface area contributed by atoms with Gasteiger partial charge < -0.3 is 75.1 Å². The van der Waals surface area contributed by atoms with Crippen LogP contribution in [0.2, 0.25) is 0 Å². The number of aliphatic hydroxyl groups excluding tert-OH is 3. The van der Waals surface area contributed by atoms with Gasteiger partial charge in [0.15, 0.2) is 16.9 Å². The number of nitrogens with one attached hydrogen (secondary N) is 4. The zero-order valence-electron chi connectivity index (χ0n) is 67.3. The van der Waals surface area contributed by atoms with Crippen LogP contribution in [0.5, 0.6) is 0 Å². The van der Waals surface area contributed by atoms with Crippen LogP contribution < -0.4 is 26.2 Å². The van der Waals surface area contributed by atoms with E-state index in [4.69, 9.17) is 29.0 Å². The Hall–Kier alpha value is -10.3. The number of carbonyl (C=O) groups excluding carboxylic acids is 8. The molecule has 14 rings (SSSR count). The maximum absolute atomic E-state index is 14.4. The van der Waals surface area contributed by atoms with Gasteiger partial charge in [-0.05, 0) is 159 Å². The molecule has 3 aromatic heterocycles. The van der Waals surface area contributed by atoms with Gasteiger partial charge in [0, 0.05) is 79.4 Å². The number of aromatic nitrogens is 4. The number of imide groups is 1. The molecule has 0 spiro atoms. The standard InChI is InChI=1S/C81H98N12O25S3/c1-44(2)64(87-61(94)34-91-51(36-115-27-29-121(112,113)114)31-57(73(91)103)93-62(95)20-21-63(93)96)72(102)83-45(3)70(100)84-50-16-14-49(48(30-50)15-18-58-66(97)67(98)68(99)69(118-58)75(106)107)35-116-77(108)89(25-28-120(109,110)111)24-26-117-81-40-78(5)37-79(6,41-81)39-80(38-78,42-81)43-92-46(4)54(32-82-92)52-17-19-60(86-65(52)74(104)105)90-23-22-47-10-9-11-53(55(47)33-90)71(101)88-76-85-56-12-7-8-13-59(56)119-76/h7-14,16-17,19-21,30,32,44-45,51,57-58,64,66-69,97-99H,15,18,22-29,31,33-43H2,1-6H3,(H,83,102)(H,84,100)(H,87,94)(H,104,105)(H,106,107)(H,85,88,101)(H,109,110,111)(H,112,113,114)/t45-,51-,57-,58-,64-,66-,67+,68-,69-,78?,79?,80?,81?/m0/s1. The maximum Gasteiger partial charge on any atom is 0.410 e. The molecule has 40 heteroatoms. The van der Waals surface area contributed by atoms with E-state index >= 15 is 0 Å². The van der Waals surface area contributed by atoms with Gasteiger partial charge >= 0.3 is 18.0 Å². The van der Waals surface area contributed by atoms with Crippen molar-refractivity contribution < 1.29 is 118 Å². The third kappa shape index (κ3) is 20.1. The average Bonchev–Trinajstić information content (AvgIpc) is 0.884. The first-order chi connectivity index (χ1) is 57.1. The molecule has 4 bridgehead atoms. The predicted molar refractivity (Wildman–Crippen MR) is 433 cm³/mol. The van der Waals surface area contributed by atoms with Gasteiger partial charge in [-0.25, -0.2) is 24.4 Å². The second-order valence-electron chi connectivity index (χ2n) is 33.8. The third-order valence-electron chi connectivity index (χ3n) is 23.9. The van der Waals surface area contributed by atoms with Crippen molar-refractivity contribution in [3.8, 4) is 11.1 Å². The number of carbonyl (C=O) groups is 10. The number of hydrogen-bond donors (Lipinski definition) is 11. The summed E-state index contributed by atoms with van der Waals surface area (Å²) >= 11 is 1.38. The SMILES string of the molecule is Cc1c(-c2ccc(N3CCc4cccc(C(=O)Nc5nc6ccccc6s5)c4C3)nc2C(=O)O)cnn1CC12CC3(C)CC(C)(C1)CC(OCCN(CCS(=O)(=O)O)C(=O)OCc1ccc(NC(=O)[C@H](C)NC(=O)[C@@H](NC(=O)CN4C(=O)[C@@H](N5C(=O)C=CC5=O)C[C@H]4COCCS(=O)(=O)O)C(C)C)cc1CC[C@@H]1O[C@H](C(=O)O)[C@@H](O)[C@H](O)[C@H]1O)(C3)C2. The second-order valence-corrected chi connectivity index (χ2v) is 38.0. The average molecular weight is 1740 g/mol. The number of benzene rings is 3. The number of likely N-dealkylation sites (tertiary alicyclic amines) is 1. The molecule has 2 saturated heterocycles. The smallest absolute Gasteiger partial charge is 0.410 e. The normalized spacial score (nSPS) is 25.5. The molecule has 11 atom stereocenters. The van der Waals surface area contributed by atoms with Crippen molar-refractivity contribution in [2.75, 3.05) is 73.0 Å². The maximum atomic E-state index is 14.4. The molecule has 4 saturated carbocycles. The molecular weight excluding hydrogens is 1640 g/mol. The summed E-state index contributed by atoms with van der Waals surface area (Å²) in [5.74, 6) is -10.0. The van der Waals surface area contributed by atoms with Crippen LogP contribution in [0.4, 0.5) is 21.4 Å². The number of aliphatic carboxylic acids is 1. The number of fused-ring (bicyclic) bond motifs is 2. The molecule has 37 nitrogen and oxygen atoms in total. The Morgan fingerprint density at radius 1 is 0.769 bits per heavy atom. The molecule has 6 aromatic rings. The summed E-state index contributed by atoms with van der Waals surface area (Å²) in [6.07, 6.45) is -2.13. The number of aromatic carboxylic acids is 1. The van der Waals surface area contributed by atoms with Crippen molar-refractivity contribution >= 4 is 118 Å². The number of carboxylic acids is 2. The quantitative estimate of drug-likeness (QED) is 0.0152. The van der Waals surface area contributed by atoms with Crippen LogP contribution in [0.25, 0.3) is 21.3 Å². The van der Waals surface area contributed by atoms with Crippen molar-refractivity contribution in [3.05, 3.63) is 130 Å². The van der Waals surface area contributed by atoms with Crippen LogP contribution in [0.1, 0.15) is 135 Å². The molecule has 121 heavy (non-hydrogen) atoms. The number of rotatable bonds is 34. The number of thiazole rings is 1. The van der Waals surface area contributed by atoms with Crippen LogP contribution in [0, 0.1) is 29.1 Å². The predicted octanol–water partition coefficient (Wildman–Crippen LogP) is 4.29. The number of nitrogens with zero attached hydrogens (tertiary/aromatic N) is 8. The highest BCUT2D eigenvalue weighted by Gasteiger charge is 2.66. The molecule has 7 heterocycles. The molecule has 4 aliphatic carbocycles. The molecule has 6 fully saturated rings. The largest absolute Gasteiger partial charge is 0.479 e. The fraction of sp³-hybridized carbons (Fsp3) is 0.519. The van der Waals surface area contributed by atoms with E-state index in [9.17, 15) is 99.4 Å². The van der Waals surface area contributed by atoms with Crippen LogP contribution >= 0.6 is 11.3 Å². The lowest BCUT2D eigenvalue weighted by molar-refractivity contribution is -0.248. The van der Waals surface area contributed by atoms with Crippen molar-refractivity contribution in [1.82, 2.24) is 45.1 Å². The van der Waals surface area contributed by atoms with Crippen LogP contribution in [-0.2, 0) is 105 Å². The molecule has 8 aliphatic rings. The zero-order chi connectivity index (χ0) is 87.2. The van der Waals surface area contributed by atoms with Gasteiger partial charge in [-0.3, -0.25) is 57.6 Å². The van der Waals surface area contributed by atoms with Crippen LogP contribution in [-0.4, -0.2) is 263 Å². The molecular formula is C81H98N12O25S3. The minimum absolute atomic E-state index is 0.0784. The van der Waals surface area contributed by atoms with E-state index in [2.05, 4.69) is 40.1 Å². The van der Waals surface area contributed by atoms with E-state index in [0.29, 0.717) is 83.6 Å². The highest BCUT2D eigenvalue weighted by atomic mass is 32.2. The monoisotopic (exact) mass is 1730 g/mol. The Morgan fingerprint density at radius 3 is 2.17 bits per heavy atom. The van der Waals surface area contributed by atoms with E-state index in [-0.39, 0.29) is 83.7 Å². The number of para-hydroxylation sites is 1. The summed E-state index contributed by atoms with van der Waals surface area (Å²) in [6, 6.07) is 16.0. The Labute approximate surface area is 700 Å².